The van der Waals surface area contributed by atoms with E-state index in [1.54, 1.807) is 221 Å². The molecular weight excluding hydrogens is 2040 g/mol. The van der Waals surface area contributed by atoms with Gasteiger partial charge in [-0.1, -0.05) is 199 Å². The van der Waals surface area contributed by atoms with Crippen LogP contribution in [0.1, 0.15) is 131 Å². The van der Waals surface area contributed by atoms with E-state index in [4.69, 9.17) is 96.6 Å². The van der Waals surface area contributed by atoms with Crippen molar-refractivity contribution in [3.63, 3.8) is 0 Å². The van der Waals surface area contributed by atoms with Gasteiger partial charge in [-0.05, 0) is 200 Å². The Morgan fingerprint density at radius 3 is 0.918 bits per heavy atom. The summed E-state index contributed by atoms with van der Waals surface area (Å²) in [5, 5.41) is 10.2. The quantitative estimate of drug-likeness (QED) is 0.0169. The van der Waals surface area contributed by atoms with Crippen LogP contribution in [0.4, 0.5) is 61.0 Å². The summed E-state index contributed by atoms with van der Waals surface area (Å²) in [4.78, 5) is 148. The third-order valence-corrected chi connectivity index (χ3v) is 21.8. The van der Waals surface area contributed by atoms with Crippen molar-refractivity contribution in [3.05, 3.63) is 436 Å². The average molecular weight is 2140 g/mol. The number of carbonyl (C=O) groups is 9. The summed E-state index contributed by atoms with van der Waals surface area (Å²) in [6.45, 7) is 0.394. The Labute approximate surface area is 865 Å². The van der Waals surface area contributed by atoms with Gasteiger partial charge in [-0.15, -0.1) is 5.06 Å². The van der Waals surface area contributed by atoms with Crippen molar-refractivity contribution in [1.82, 2.24) is 25.3 Å². The number of halogens is 15. The third kappa shape index (κ3) is 35.2. The van der Waals surface area contributed by atoms with E-state index in [9.17, 15) is 87.1 Å². The molecule has 0 spiro atoms. The second-order valence-corrected chi connectivity index (χ2v) is 32.2. The van der Waals surface area contributed by atoms with E-state index in [1.807, 2.05) is 78.9 Å². The molecule has 14 rings (SSSR count). The number of anilines is 3. The Morgan fingerprint density at radius 2 is 0.571 bits per heavy atom. The average Bonchev–Trinajstić information content (AvgIpc) is 0.776. The van der Waals surface area contributed by atoms with Crippen molar-refractivity contribution in [3.8, 4) is 5.75 Å². The van der Waals surface area contributed by atoms with Gasteiger partial charge in [0, 0.05) is 81.7 Å². The number of methoxy groups -OCH3 is 1. The van der Waals surface area contributed by atoms with Crippen LogP contribution in [0.3, 0.4) is 0 Å². The van der Waals surface area contributed by atoms with Crippen LogP contribution in [-0.4, -0.2) is 163 Å². The molecule has 774 valence electrons. The van der Waals surface area contributed by atoms with Gasteiger partial charge in [0.05, 0.1) is 84.0 Å². The van der Waals surface area contributed by atoms with Crippen LogP contribution in [0.25, 0.3) is 0 Å². The van der Waals surface area contributed by atoms with Gasteiger partial charge in [0.1, 0.15) is 23.5 Å². The normalized spacial score (nSPS) is 11.0. The molecule has 0 radical (unpaired) electrons. The zero-order valence-electron chi connectivity index (χ0n) is 80.4. The largest absolute Gasteiger partial charge is 0.497 e. The molecule has 9 amide bonds. The van der Waals surface area contributed by atoms with E-state index in [0.29, 0.717) is 92.2 Å². The summed E-state index contributed by atoms with van der Waals surface area (Å²) < 4.78 is 138. The number of para-hydroxylation sites is 3. The van der Waals surface area contributed by atoms with Crippen molar-refractivity contribution in [2.45, 2.75) is 38.7 Å². The molecule has 0 unspecified atom stereocenters. The lowest BCUT2D eigenvalue weighted by Crippen LogP contribution is -2.35. The molecule has 0 bridgehead atoms. The molecule has 147 heavy (non-hydrogen) atoms. The lowest BCUT2D eigenvalue weighted by Gasteiger charge is -2.27. The summed E-state index contributed by atoms with van der Waals surface area (Å²) in [6, 6.07) is 84.4. The van der Waals surface area contributed by atoms with Gasteiger partial charge < -0.3 is 4.74 Å². The molecule has 1 aliphatic carbocycles. The van der Waals surface area contributed by atoms with E-state index in [1.165, 1.54) is 76.0 Å². The first-order valence-electron chi connectivity index (χ1n) is 43.6. The molecule has 1 aliphatic rings. The highest BCUT2D eigenvalue weighted by molar-refractivity contribution is 6.37. The van der Waals surface area contributed by atoms with Gasteiger partial charge in [-0.25, -0.2) is 64.2 Å². The number of ether oxygens (including phenoxy) is 1. The number of rotatable bonds is 25. The minimum Gasteiger partial charge on any atom is -0.497 e. The molecule has 26 nitrogen and oxygen atoms in total. The smallest absolute Gasteiger partial charge is 0.288 e. The van der Waals surface area contributed by atoms with Crippen LogP contribution in [0, 0.1) is 64.1 Å². The standard InChI is InChI=1S/C20H16ClNO2.C20H18F5NO2.C15H13NO3.C14H12ClNO2.C10H13NO3.C9H9Cl2NO2.C9H10ClNO2.C9H6F5NO2/c21-18-13-11-17(12-14-18)20(23)22(19-9-5-2-6-10-19)24-15-16-7-3-1-4-8-16;21-15-14(16(22)18(24)19(25)17(15)23)20(27)26(13-9-5-2-6-10-13)28-11-12-7-3-1-4-8-12;1-19-16(14(17)12-8-4-2-5-9-12)15(18)13-10-6-3-7-11-13;1-18-16(13-5-3-2-4-6-13)14(17)11-7-9-12(15)10-8-11;1-11(14-3)10(12)8-4-6-9(13-2)7-5-8;1-12(14-2)9(13)7-4-3-6(10)5-8(7)11;1-11(13-2)9(12)7-3-5-8(10)6-4-7;1-15(17-2)9(16)3-4(10)6(12)8(14)7(13)5(3)11/h1-14H,15H2;2,5-6,9-10,12H,1,3-4,7-8,11H2;2-11H,1H3;2-10H,1H3;4-7H,1-3H3;3-5H,1-2H3;3-6H,1-2H3;1-2H3. The number of nitrogens with zero attached hydrogens (tertiary/aromatic N) is 8. The van der Waals surface area contributed by atoms with E-state index in [-0.39, 0.29) is 47.7 Å². The maximum atomic E-state index is 14.1. The van der Waals surface area contributed by atoms with Crippen LogP contribution in [-0.2, 0) is 45.3 Å². The molecule has 1 fully saturated rings. The maximum absolute atomic E-state index is 14.1. The molecule has 13 aromatic carbocycles. The molecular formula is C106H97Cl5F10N8O18. The predicted octanol–water partition coefficient (Wildman–Crippen LogP) is 24.7. The van der Waals surface area contributed by atoms with Gasteiger partial charge in [-0.2, -0.15) is 15.2 Å². The Bertz CT molecular complexity index is 6370. The van der Waals surface area contributed by atoms with E-state index >= 15 is 0 Å². The summed E-state index contributed by atoms with van der Waals surface area (Å²) in [6.07, 6.45) is 4.86. The lowest BCUT2D eigenvalue weighted by molar-refractivity contribution is -0.0763. The number of hydroxylamine groups is 13. The number of carbonyl (C=O) groups excluding carboxylic acids is 9. The number of imide groups is 1. The first-order valence-corrected chi connectivity index (χ1v) is 45.4. The topological polar surface area (TPSA) is 263 Å². The van der Waals surface area contributed by atoms with Crippen LogP contribution >= 0.6 is 58.0 Å². The van der Waals surface area contributed by atoms with E-state index in [0.717, 1.165) is 72.8 Å². The molecule has 41 heteroatoms. The Hall–Kier alpha value is -14.5. The van der Waals surface area contributed by atoms with Crippen LogP contribution in [0.2, 0.25) is 25.1 Å². The van der Waals surface area contributed by atoms with E-state index in [2.05, 4.69) is 4.84 Å². The monoisotopic (exact) mass is 2130 g/mol. The molecule has 0 heterocycles. The van der Waals surface area contributed by atoms with E-state index < -0.39 is 92.9 Å². The fourth-order valence-corrected chi connectivity index (χ4v) is 13.4. The zero-order chi connectivity index (χ0) is 108. The highest BCUT2D eigenvalue weighted by Gasteiger charge is 2.36. The number of hydrogen-bond donors (Lipinski definition) is 0. The fourth-order valence-electron chi connectivity index (χ4n) is 12.5. The second-order valence-electron chi connectivity index (χ2n) is 30.1. The first-order chi connectivity index (χ1) is 70.3. The lowest BCUT2D eigenvalue weighted by atomic mass is 9.90. The van der Waals surface area contributed by atoms with Gasteiger partial charge >= 0.3 is 0 Å². The molecule has 0 aliphatic heterocycles. The Kier molecular flexibility index (Phi) is 49.6. The minimum atomic E-state index is -2.32. The van der Waals surface area contributed by atoms with Crippen LogP contribution in [0.5, 0.6) is 5.75 Å². The molecule has 0 saturated heterocycles. The number of amides is 9. The number of benzene rings is 13. The SMILES string of the molecule is CON(C(=O)c1ccc(Cl)cc1)c1ccccc1.CON(C(=O)c1ccccc1)C(=O)c1ccccc1.CON(C)C(=O)c1c(F)c(F)c(F)c(F)c1F.CON(C)C(=O)c1ccc(Cl)cc1.CON(C)C(=O)c1ccc(Cl)cc1Cl.COc1ccc(C(=O)N(C)OC)cc1.O=C(c1c(F)c(F)c(F)c(F)c1F)N(OCC1CCCCC1)c1ccccc1.O=C(c1ccc(Cl)cc1)N(OCc1ccccc1)c1ccccc1. The zero-order valence-corrected chi connectivity index (χ0v) is 84.2. The molecule has 0 atom stereocenters. The summed E-state index contributed by atoms with van der Waals surface area (Å²) in [7, 11) is 15.2. The Morgan fingerprint density at radius 1 is 0.279 bits per heavy atom. The van der Waals surface area contributed by atoms with Crippen molar-refractivity contribution >= 4 is 128 Å². The Balaban J connectivity index is 0.000000231. The predicted molar refractivity (Wildman–Crippen MR) is 534 cm³/mol. The number of hydrogen-bond acceptors (Lipinski definition) is 18. The minimum absolute atomic E-state index is 0.0933. The maximum Gasteiger partial charge on any atom is 0.288 e. The molecule has 1 saturated carbocycles. The van der Waals surface area contributed by atoms with Crippen molar-refractivity contribution < 1.29 is 130 Å². The molecule has 0 N–H and O–H groups in total. The van der Waals surface area contributed by atoms with Crippen LogP contribution < -0.4 is 19.9 Å². The fraction of sp³-hybridized carbons (Fsp3) is 0.179. The van der Waals surface area contributed by atoms with Crippen molar-refractivity contribution in [2.75, 3.05) is 99.8 Å². The summed E-state index contributed by atoms with van der Waals surface area (Å²) >= 11 is 28.9. The molecule has 0 aromatic heterocycles. The summed E-state index contributed by atoms with van der Waals surface area (Å²) in [5.41, 5.74) is 2.64. The van der Waals surface area contributed by atoms with Crippen molar-refractivity contribution in [1.29, 1.82) is 0 Å². The van der Waals surface area contributed by atoms with Gasteiger partial charge in [0.15, 0.2) is 46.5 Å². The van der Waals surface area contributed by atoms with Gasteiger partial charge in [0.2, 0.25) is 11.6 Å². The van der Waals surface area contributed by atoms with Gasteiger partial charge in [-0.3, -0.25) is 81.9 Å². The second kappa shape index (κ2) is 61.1. The van der Waals surface area contributed by atoms with Gasteiger partial charge in [0.25, 0.3) is 53.2 Å². The first kappa shape index (κ1) is 119. The summed E-state index contributed by atoms with van der Waals surface area (Å²) in [5.74, 6) is -26.4. The van der Waals surface area contributed by atoms with Crippen LogP contribution in [0.15, 0.2) is 297 Å². The highest BCUT2D eigenvalue weighted by Crippen LogP contribution is 2.32. The highest BCUT2D eigenvalue weighted by atomic mass is 35.5. The van der Waals surface area contributed by atoms with Crippen molar-refractivity contribution in [2.24, 2.45) is 5.92 Å². The third-order valence-electron chi connectivity index (χ3n) is 20.5. The molecule has 13 aromatic rings.